The second-order valence-corrected chi connectivity index (χ2v) is 8.50. The number of hydrogen-bond donors (Lipinski definition) is 0. The van der Waals surface area contributed by atoms with E-state index in [0.717, 1.165) is 80.0 Å². The van der Waals surface area contributed by atoms with Crippen LogP contribution < -0.4 is 4.90 Å². The van der Waals surface area contributed by atoms with Crippen molar-refractivity contribution >= 4 is 17.0 Å². The highest BCUT2D eigenvalue weighted by Gasteiger charge is 2.22. The molecule has 0 aliphatic carbocycles. The third kappa shape index (κ3) is 5.90. The summed E-state index contributed by atoms with van der Waals surface area (Å²) >= 11 is 0. The van der Waals surface area contributed by atoms with E-state index in [4.69, 9.17) is 29.2 Å². The molecule has 0 bridgehead atoms. The van der Waals surface area contributed by atoms with E-state index in [0.29, 0.717) is 26.3 Å². The first-order valence-corrected chi connectivity index (χ1v) is 12.0. The van der Waals surface area contributed by atoms with Crippen molar-refractivity contribution in [2.75, 3.05) is 78.3 Å². The molecule has 0 saturated carbocycles. The number of anilines is 1. The van der Waals surface area contributed by atoms with Crippen molar-refractivity contribution in [2.24, 2.45) is 0 Å². The summed E-state index contributed by atoms with van der Waals surface area (Å²) in [5, 5.41) is 0. The third-order valence-corrected chi connectivity index (χ3v) is 6.11. The Morgan fingerprint density at radius 2 is 1.65 bits per heavy atom. The van der Waals surface area contributed by atoms with Gasteiger partial charge in [-0.25, -0.2) is 15.0 Å². The molecule has 0 unspecified atom stereocenters. The van der Waals surface area contributed by atoms with Crippen molar-refractivity contribution < 1.29 is 14.2 Å². The first kappa shape index (κ1) is 24.5. The molecule has 9 heteroatoms. The zero-order chi connectivity index (χ0) is 23.8. The number of imidazole rings is 1. The Morgan fingerprint density at radius 3 is 2.32 bits per heavy atom. The van der Waals surface area contributed by atoms with Crippen LogP contribution in [-0.2, 0) is 20.8 Å². The maximum Gasteiger partial charge on any atom is 0.166 e. The van der Waals surface area contributed by atoms with Crippen molar-refractivity contribution in [1.29, 1.82) is 0 Å². The predicted molar refractivity (Wildman–Crippen MR) is 133 cm³/mol. The molecule has 0 atom stereocenters. The van der Waals surface area contributed by atoms with E-state index in [1.165, 1.54) is 0 Å². The molecule has 1 fully saturated rings. The zero-order valence-electron chi connectivity index (χ0n) is 20.6. The first-order chi connectivity index (χ1) is 16.7. The largest absolute Gasteiger partial charge is 0.383 e. The Bertz CT molecular complexity index is 1030. The molecule has 0 N–H and O–H groups in total. The van der Waals surface area contributed by atoms with Crippen LogP contribution in [0.4, 0.5) is 5.82 Å². The molecule has 4 rings (SSSR count). The quantitative estimate of drug-likeness (QED) is 0.402. The smallest absolute Gasteiger partial charge is 0.166 e. The summed E-state index contributed by atoms with van der Waals surface area (Å²) in [5.41, 5.74) is 2.78. The van der Waals surface area contributed by atoms with Gasteiger partial charge in [-0.05, 0) is 13.3 Å². The topological polar surface area (TPSA) is 77.8 Å². The van der Waals surface area contributed by atoms with Gasteiger partial charge in [-0.15, -0.1) is 0 Å². The highest BCUT2D eigenvalue weighted by atomic mass is 16.5. The molecule has 9 nitrogen and oxygen atoms in total. The molecule has 1 aromatic carbocycles. The normalized spacial score (nSPS) is 14.7. The number of benzene rings is 1. The number of aryl methyl sites for hydroxylation is 2. The molecular weight excluding hydrogens is 432 g/mol. The van der Waals surface area contributed by atoms with E-state index < -0.39 is 0 Å². The number of fused-ring (bicyclic) bond motifs is 1. The van der Waals surface area contributed by atoms with Gasteiger partial charge in [-0.2, -0.15) is 0 Å². The first-order valence-electron chi connectivity index (χ1n) is 12.0. The van der Waals surface area contributed by atoms with Crippen LogP contribution in [0.15, 0.2) is 30.3 Å². The molecule has 0 spiro atoms. The molecule has 3 aromatic rings. The molecule has 1 saturated heterocycles. The number of ether oxygens (including phenoxy) is 3. The van der Waals surface area contributed by atoms with Gasteiger partial charge in [-0.1, -0.05) is 30.3 Å². The average Bonchev–Trinajstić information content (AvgIpc) is 3.23. The zero-order valence-corrected chi connectivity index (χ0v) is 20.6. The van der Waals surface area contributed by atoms with Gasteiger partial charge in [0.2, 0.25) is 0 Å². The van der Waals surface area contributed by atoms with Crippen molar-refractivity contribution in [1.82, 2.24) is 24.4 Å². The Labute approximate surface area is 201 Å². The lowest BCUT2D eigenvalue weighted by Crippen LogP contribution is -2.37. The summed E-state index contributed by atoms with van der Waals surface area (Å²) in [6.07, 6.45) is 1.01. The molecule has 1 aliphatic heterocycles. The second-order valence-electron chi connectivity index (χ2n) is 8.50. The molecule has 184 valence electrons. The fourth-order valence-corrected chi connectivity index (χ4v) is 4.34. The molecular formula is C25H36N6O3. The molecule has 34 heavy (non-hydrogen) atoms. The van der Waals surface area contributed by atoms with Crippen LogP contribution in [0.2, 0.25) is 0 Å². The Kier molecular flexibility index (Phi) is 8.81. The van der Waals surface area contributed by atoms with Gasteiger partial charge in [0.1, 0.15) is 11.6 Å². The van der Waals surface area contributed by atoms with Crippen LogP contribution in [0.3, 0.4) is 0 Å². The summed E-state index contributed by atoms with van der Waals surface area (Å²) in [5.74, 6) is 2.49. The van der Waals surface area contributed by atoms with Gasteiger partial charge >= 0.3 is 0 Å². The lowest BCUT2D eigenvalue weighted by molar-refractivity contribution is 0.0370. The van der Waals surface area contributed by atoms with E-state index in [1.54, 1.807) is 14.2 Å². The van der Waals surface area contributed by atoms with Crippen LogP contribution in [0, 0.1) is 6.92 Å². The van der Waals surface area contributed by atoms with E-state index in [1.807, 2.05) is 25.1 Å². The Morgan fingerprint density at radius 1 is 0.941 bits per heavy atom. The van der Waals surface area contributed by atoms with Crippen LogP contribution >= 0.6 is 0 Å². The van der Waals surface area contributed by atoms with Crippen LogP contribution in [0.5, 0.6) is 0 Å². The fraction of sp³-hybridized carbons (Fsp3) is 0.560. The summed E-state index contributed by atoms with van der Waals surface area (Å²) < 4.78 is 18.5. The van der Waals surface area contributed by atoms with Gasteiger partial charge in [0.05, 0.1) is 26.4 Å². The van der Waals surface area contributed by atoms with Gasteiger partial charge in [0.25, 0.3) is 0 Å². The maximum absolute atomic E-state index is 5.49. The van der Waals surface area contributed by atoms with E-state index in [9.17, 15) is 0 Å². The molecule has 0 amide bonds. The number of rotatable bonds is 12. The summed E-state index contributed by atoms with van der Waals surface area (Å²) in [4.78, 5) is 19.4. The Hall–Kier alpha value is -2.59. The maximum atomic E-state index is 5.49. The molecule has 0 radical (unpaired) electrons. The predicted octanol–water partition coefficient (Wildman–Crippen LogP) is 2.62. The van der Waals surface area contributed by atoms with E-state index in [-0.39, 0.29) is 0 Å². The Balaban J connectivity index is 1.72. The lowest BCUT2D eigenvalue weighted by atomic mass is 10.2. The molecule has 2 aromatic heterocycles. The number of hydrogen-bond acceptors (Lipinski definition) is 8. The van der Waals surface area contributed by atoms with Crippen molar-refractivity contribution in [3.05, 3.63) is 36.2 Å². The molecule has 1 aliphatic rings. The highest BCUT2D eigenvalue weighted by molar-refractivity contribution is 5.87. The number of methoxy groups -OCH3 is 2. The second kappa shape index (κ2) is 12.2. The van der Waals surface area contributed by atoms with Crippen LogP contribution in [0.1, 0.15) is 12.2 Å². The third-order valence-electron chi connectivity index (χ3n) is 6.11. The fourth-order valence-electron chi connectivity index (χ4n) is 4.34. The van der Waals surface area contributed by atoms with Gasteiger partial charge in [0.15, 0.2) is 17.0 Å². The summed E-state index contributed by atoms with van der Waals surface area (Å²) in [7, 11) is 3.43. The van der Waals surface area contributed by atoms with Gasteiger partial charge in [0, 0.05) is 59.1 Å². The minimum absolute atomic E-state index is 0.597. The van der Waals surface area contributed by atoms with Gasteiger partial charge in [-0.3, -0.25) is 4.90 Å². The standard InChI is InChI=1S/C25H36N6O3/c1-20-26-24(30(14-16-32-2)15-17-33-3)22-25(27-20)31(11-7-10-29-12-18-34-19-13-29)23(28-22)21-8-5-4-6-9-21/h4-6,8-9H,7,10-19H2,1-3H3. The van der Waals surface area contributed by atoms with Gasteiger partial charge < -0.3 is 23.7 Å². The lowest BCUT2D eigenvalue weighted by Gasteiger charge is -2.26. The van der Waals surface area contributed by atoms with E-state index in [2.05, 4.69) is 26.5 Å². The van der Waals surface area contributed by atoms with Crippen molar-refractivity contribution in [3.63, 3.8) is 0 Å². The van der Waals surface area contributed by atoms with Crippen LogP contribution in [-0.4, -0.2) is 97.8 Å². The summed E-state index contributed by atoms with van der Waals surface area (Å²) in [6, 6.07) is 10.3. The average molecular weight is 469 g/mol. The number of nitrogens with zero attached hydrogens (tertiary/aromatic N) is 6. The number of morpholine rings is 1. The highest BCUT2D eigenvalue weighted by Crippen LogP contribution is 2.29. The monoisotopic (exact) mass is 468 g/mol. The minimum Gasteiger partial charge on any atom is -0.383 e. The number of aromatic nitrogens is 4. The summed E-state index contributed by atoms with van der Waals surface area (Å²) in [6.45, 7) is 10.0. The van der Waals surface area contributed by atoms with Crippen molar-refractivity contribution in [3.8, 4) is 11.4 Å². The van der Waals surface area contributed by atoms with E-state index >= 15 is 0 Å². The van der Waals surface area contributed by atoms with Crippen LogP contribution in [0.25, 0.3) is 22.6 Å². The SMILES string of the molecule is COCCN(CCOC)c1nc(C)nc2c1nc(-c1ccccc1)n2CCCN1CCOCC1. The molecule has 3 heterocycles. The van der Waals surface area contributed by atoms with Crippen molar-refractivity contribution in [2.45, 2.75) is 19.9 Å². The minimum atomic E-state index is 0.597.